The number of carbonyl (C=O) groups excluding carboxylic acids is 2. The first-order valence-electron chi connectivity index (χ1n) is 11.6. The Balaban J connectivity index is 1.99. The first kappa shape index (κ1) is 32.1. The van der Waals surface area contributed by atoms with Crippen LogP contribution in [0.2, 0.25) is 0 Å². The predicted octanol–water partition coefficient (Wildman–Crippen LogP) is 7.56. The molecule has 0 spiro atoms. The second-order valence-corrected chi connectivity index (χ2v) is 9.98. The van der Waals surface area contributed by atoms with Crippen molar-refractivity contribution in [3.05, 3.63) is 62.4 Å². The molecule has 222 valence electrons. The zero-order chi connectivity index (χ0) is 30.5. The Bertz CT molecular complexity index is 1390. The molecule has 0 bridgehead atoms. The van der Waals surface area contributed by atoms with Gasteiger partial charge in [-0.25, -0.2) is 9.59 Å². The lowest BCUT2D eigenvalue weighted by atomic mass is 10.1. The fourth-order valence-electron chi connectivity index (χ4n) is 3.58. The van der Waals surface area contributed by atoms with Crippen molar-refractivity contribution >= 4 is 44.9 Å². The molecule has 3 rings (SSSR count). The quantitative estimate of drug-likeness (QED) is 0.176. The summed E-state index contributed by atoms with van der Waals surface area (Å²) in [5.74, 6) is -1.07. The molecule has 0 fully saturated rings. The summed E-state index contributed by atoms with van der Waals surface area (Å²) in [7, 11) is 2.52. The van der Waals surface area contributed by atoms with Crippen LogP contribution in [-0.4, -0.2) is 39.4 Å². The van der Waals surface area contributed by atoms with Gasteiger partial charge < -0.3 is 24.3 Å². The van der Waals surface area contributed by atoms with Crippen molar-refractivity contribution in [3.8, 4) is 21.9 Å². The van der Waals surface area contributed by atoms with Gasteiger partial charge in [-0.2, -0.15) is 26.3 Å². The van der Waals surface area contributed by atoms with Crippen LogP contribution in [0.1, 0.15) is 33.3 Å². The summed E-state index contributed by atoms with van der Waals surface area (Å²) in [6.07, 6.45) is -9.99. The van der Waals surface area contributed by atoms with E-state index in [1.807, 2.05) is 0 Å². The minimum atomic E-state index is -4.99. The second kappa shape index (κ2) is 13.0. The zero-order valence-corrected chi connectivity index (χ0v) is 24.0. The Morgan fingerprint density at radius 2 is 1.61 bits per heavy atom. The van der Waals surface area contributed by atoms with Crippen molar-refractivity contribution < 1.29 is 54.9 Å². The van der Waals surface area contributed by atoms with Crippen LogP contribution in [0.15, 0.2) is 40.9 Å². The molecule has 0 radical (unpaired) electrons. The third kappa shape index (κ3) is 7.85. The number of carbonyl (C=O) groups is 2. The molecule has 1 heterocycles. The molecule has 0 aliphatic carbocycles. The molecule has 1 aromatic heterocycles. The van der Waals surface area contributed by atoms with Crippen LogP contribution in [0.4, 0.5) is 32.0 Å². The van der Waals surface area contributed by atoms with E-state index in [-0.39, 0.29) is 29.8 Å². The van der Waals surface area contributed by atoms with Crippen molar-refractivity contribution in [3.63, 3.8) is 0 Å². The van der Waals surface area contributed by atoms with E-state index in [4.69, 9.17) is 18.9 Å². The fourth-order valence-corrected chi connectivity index (χ4v) is 5.55. The summed E-state index contributed by atoms with van der Waals surface area (Å²) in [6, 6.07) is 5.95. The number of ether oxygens (including phenoxy) is 4. The van der Waals surface area contributed by atoms with Crippen LogP contribution in [0.25, 0.3) is 10.4 Å². The predicted molar refractivity (Wildman–Crippen MR) is 141 cm³/mol. The molecule has 0 saturated heterocycles. The maximum absolute atomic E-state index is 13.3. The Kier molecular flexibility index (Phi) is 10.2. The van der Waals surface area contributed by atoms with Crippen LogP contribution in [-0.2, 0) is 33.2 Å². The van der Waals surface area contributed by atoms with Crippen molar-refractivity contribution in [2.45, 2.75) is 25.8 Å². The average molecular weight is 670 g/mol. The highest BCUT2D eigenvalue weighted by Gasteiger charge is 2.37. The Morgan fingerprint density at radius 3 is 2.15 bits per heavy atom. The van der Waals surface area contributed by atoms with Crippen molar-refractivity contribution in [1.82, 2.24) is 0 Å². The third-order valence-electron chi connectivity index (χ3n) is 5.43. The van der Waals surface area contributed by atoms with E-state index in [9.17, 15) is 35.9 Å². The zero-order valence-electron chi connectivity index (χ0n) is 21.6. The van der Waals surface area contributed by atoms with Crippen LogP contribution in [0.3, 0.4) is 0 Å². The smallest absolute Gasteiger partial charge is 0.416 e. The number of esters is 2. The van der Waals surface area contributed by atoms with E-state index >= 15 is 0 Å². The number of alkyl halides is 6. The number of halogens is 7. The summed E-state index contributed by atoms with van der Waals surface area (Å²) in [4.78, 5) is 24.7. The highest BCUT2D eigenvalue weighted by atomic mass is 79.9. The second-order valence-electron chi connectivity index (χ2n) is 8.16. The first-order valence-corrected chi connectivity index (χ1v) is 13.2. The molecule has 3 aromatic rings. The van der Waals surface area contributed by atoms with Gasteiger partial charge >= 0.3 is 24.3 Å². The third-order valence-corrected chi connectivity index (χ3v) is 7.65. The molecule has 0 unspecified atom stereocenters. The lowest BCUT2D eigenvalue weighted by molar-refractivity contribution is -0.145. The van der Waals surface area contributed by atoms with Crippen LogP contribution < -0.4 is 14.8 Å². The van der Waals surface area contributed by atoms with Crippen LogP contribution in [0.5, 0.6) is 11.5 Å². The number of rotatable bonds is 10. The van der Waals surface area contributed by atoms with Gasteiger partial charge in [0, 0.05) is 17.8 Å². The molecule has 2 aromatic carbocycles. The molecular weight excluding hydrogens is 648 g/mol. The summed E-state index contributed by atoms with van der Waals surface area (Å²) in [5.41, 5.74) is -2.44. The number of nitrogens with one attached hydrogen (secondary N) is 1. The molecule has 0 aliphatic rings. The van der Waals surface area contributed by atoms with E-state index in [1.54, 1.807) is 25.1 Å². The number of hydrogen-bond acceptors (Lipinski definition) is 8. The molecular formula is C26H22BrF6NO6S. The van der Waals surface area contributed by atoms with Gasteiger partial charge in [0.1, 0.15) is 5.75 Å². The molecule has 0 aliphatic heterocycles. The minimum Gasteiger partial charge on any atom is -0.496 e. The van der Waals surface area contributed by atoms with Gasteiger partial charge in [-0.1, -0.05) is 0 Å². The number of thiophene rings is 1. The normalized spacial score (nSPS) is 11.7. The maximum Gasteiger partial charge on any atom is 0.416 e. The molecule has 15 heteroatoms. The van der Waals surface area contributed by atoms with Gasteiger partial charge in [0.2, 0.25) is 0 Å². The Morgan fingerprint density at radius 1 is 0.976 bits per heavy atom. The number of hydrogen-bond donors (Lipinski definition) is 1. The monoisotopic (exact) mass is 669 g/mol. The topological polar surface area (TPSA) is 83.1 Å². The van der Waals surface area contributed by atoms with E-state index in [0.29, 0.717) is 38.4 Å². The van der Waals surface area contributed by atoms with E-state index in [0.717, 1.165) is 11.3 Å². The number of methoxy groups -OCH3 is 2. The Hall–Kier alpha value is -3.46. The van der Waals surface area contributed by atoms with Gasteiger partial charge in [-0.3, -0.25) is 0 Å². The number of anilines is 1. The fraction of sp³-hybridized carbons (Fsp3) is 0.308. The summed E-state index contributed by atoms with van der Waals surface area (Å²) >= 11 is 4.35. The molecule has 7 nitrogen and oxygen atoms in total. The standard InChI is InChI=1S/C26H22BrF6NO6S/c1-4-39-19(35)12-40-21-20(27)22(41-23(21)24(36)38-3)13-5-6-18(37-2)14(7-13)11-34-17-9-15(25(28,29)30)8-16(10-17)26(31,32)33/h5-10,34H,4,11-12H2,1-3H3. The van der Waals surface area contributed by atoms with Crippen molar-refractivity contribution in [1.29, 1.82) is 0 Å². The summed E-state index contributed by atoms with van der Waals surface area (Å²) in [6.45, 7) is 1.05. The van der Waals surface area contributed by atoms with Crippen molar-refractivity contribution in [2.24, 2.45) is 0 Å². The minimum absolute atomic E-state index is 0.0315. The van der Waals surface area contributed by atoms with Gasteiger partial charge in [0.25, 0.3) is 0 Å². The van der Waals surface area contributed by atoms with Crippen LogP contribution in [0, 0.1) is 0 Å². The highest BCUT2D eigenvalue weighted by molar-refractivity contribution is 9.10. The van der Waals surface area contributed by atoms with Gasteiger partial charge in [-0.05, 0) is 64.8 Å². The lowest BCUT2D eigenvalue weighted by Gasteiger charge is -2.16. The SMILES string of the molecule is CCOC(=O)COc1c(C(=O)OC)sc(-c2ccc(OC)c(CNc3cc(C(F)(F)F)cc(C(F)(F)F)c3)c2)c1Br. The molecule has 1 N–H and O–H groups in total. The molecule has 0 amide bonds. The summed E-state index contributed by atoms with van der Waals surface area (Å²) < 4.78 is 100. The summed E-state index contributed by atoms with van der Waals surface area (Å²) in [5, 5.41) is 2.60. The molecule has 0 atom stereocenters. The molecule has 41 heavy (non-hydrogen) atoms. The highest BCUT2D eigenvalue weighted by Crippen LogP contribution is 2.47. The lowest BCUT2D eigenvalue weighted by Crippen LogP contribution is -2.15. The Labute approximate surface area is 242 Å². The average Bonchev–Trinajstić information content (AvgIpc) is 3.25. The van der Waals surface area contributed by atoms with E-state index < -0.39 is 47.7 Å². The van der Waals surface area contributed by atoms with Gasteiger partial charge in [0.05, 0.1) is 41.3 Å². The van der Waals surface area contributed by atoms with Gasteiger partial charge in [0.15, 0.2) is 17.2 Å². The van der Waals surface area contributed by atoms with Crippen LogP contribution >= 0.6 is 27.3 Å². The van der Waals surface area contributed by atoms with Crippen molar-refractivity contribution in [2.75, 3.05) is 32.8 Å². The number of benzene rings is 2. The maximum atomic E-state index is 13.3. The van der Waals surface area contributed by atoms with Gasteiger partial charge in [-0.15, -0.1) is 11.3 Å². The first-order chi connectivity index (χ1) is 19.2. The largest absolute Gasteiger partial charge is 0.496 e. The van der Waals surface area contributed by atoms with E-state index in [1.165, 1.54) is 14.2 Å². The molecule has 0 saturated carbocycles. The van der Waals surface area contributed by atoms with E-state index in [2.05, 4.69) is 21.2 Å².